The van der Waals surface area contributed by atoms with Gasteiger partial charge in [0.1, 0.15) is 11.2 Å². The highest BCUT2D eigenvalue weighted by Crippen LogP contribution is 2.29. The quantitative estimate of drug-likeness (QED) is 0.845. The van der Waals surface area contributed by atoms with Crippen LogP contribution in [0.15, 0.2) is 29.3 Å². The fourth-order valence-electron chi connectivity index (χ4n) is 3.78. The van der Waals surface area contributed by atoms with E-state index in [4.69, 9.17) is 0 Å². The summed E-state index contributed by atoms with van der Waals surface area (Å²) in [4.78, 5) is 32.0. The van der Waals surface area contributed by atoms with Crippen molar-refractivity contribution in [2.24, 2.45) is 0 Å². The number of carbonyl (C=O) groups excluding carboxylic acids is 1. The smallest absolute Gasteiger partial charge is 0.270 e. The topological polar surface area (TPSA) is 66.7 Å². The molecule has 2 bridgehead atoms. The molecule has 6 nitrogen and oxygen atoms in total. The molecule has 0 saturated carbocycles. The number of amides is 1. The number of hydrogen-bond acceptors (Lipinski definition) is 4. The second-order valence-electron chi connectivity index (χ2n) is 6.50. The summed E-state index contributed by atoms with van der Waals surface area (Å²) >= 11 is 0. The molecule has 0 aliphatic carbocycles. The summed E-state index contributed by atoms with van der Waals surface area (Å²) < 4.78 is 1.47. The van der Waals surface area contributed by atoms with Crippen molar-refractivity contribution in [1.29, 1.82) is 0 Å². The molecular weight excluding hydrogens is 328 g/mol. The monoisotopic (exact) mass is 348 g/mol. The van der Waals surface area contributed by atoms with Crippen molar-refractivity contribution in [2.75, 3.05) is 13.1 Å². The fraction of sp³-hybridized carbons (Fsp3) is 0.471. The zero-order valence-electron chi connectivity index (χ0n) is 13.6. The summed E-state index contributed by atoms with van der Waals surface area (Å²) in [6.45, 7) is 3.66. The highest BCUT2D eigenvalue weighted by atomic mass is 35.5. The molecule has 0 radical (unpaired) electrons. The first kappa shape index (κ1) is 16.9. The normalized spacial score (nSPS) is 23.0. The third-order valence-electron chi connectivity index (χ3n) is 4.97. The molecule has 2 aromatic rings. The van der Waals surface area contributed by atoms with E-state index in [0.717, 1.165) is 37.9 Å². The molecule has 1 N–H and O–H groups in total. The zero-order valence-corrected chi connectivity index (χ0v) is 14.4. The maximum atomic E-state index is 13.0. The second kappa shape index (κ2) is 6.53. The average molecular weight is 349 g/mol. The van der Waals surface area contributed by atoms with Gasteiger partial charge in [-0.1, -0.05) is 6.07 Å². The number of fused-ring (bicyclic) bond motifs is 3. The predicted molar refractivity (Wildman–Crippen MR) is 93.9 cm³/mol. The molecule has 2 unspecified atom stereocenters. The van der Waals surface area contributed by atoms with Gasteiger partial charge in [-0.15, -0.1) is 12.4 Å². The Labute approximate surface area is 146 Å². The number of nitrogens with one attached hydrogen (secondary N) is 1. The van der Waals surface area contributed by atoms with Crippen LogP contribution in [0.4, 0.5) is 0 Å². The van der Waals surface area contributed by atoms with E-state index in [0.29, 0.717) is 5.65 Å². The summed E-state index contributed by atoms with van der Waals surface area (Å²) in [6, 6.07) is 4.13. The first-order chi connectivity index (χ1) is 11.1. The highest BCUT2D eigenvalue weighted by Gasteiger charge is 2.39. The second-order valence-corrected chi connectivity index (χ2v) is 6.50. The summed E-state index contributed by atoms with van der Waals surface area (Å²) in [5.41, 5.74) is 1.43. The molecule has 2 fully saturated rings. The lowest BCUT2D eigenvalue weighted by Crippen LogP contribution is -2.44. The standard InChI is InChI=1S/C17H20N4O2.ClH/c1-11-2-5-15-19-9-14(16(22)20(15)10-11)17(23)21-12-3-4-13(21)8-18-7-6-12;/h2,5,9-10,12-13,18H,3-4,6-8H2,1H3;1H. The van der Waals surface area contributed by atoms with Crippen LogP contribution in [0.25, 0.3) is 5.65 Å². The molecule has 1 amide bonds. The van der Waals surface area contributed by atoms with Crippen molar-refractivity contribution in [3.8, 4) is 0 Å². The number of nitrogens with zero attached hydrogens (tertiary/aromatic N) is 3. The van der Waals surface area contributed by atoms with Crippen LogP contribution >= 0.6 is 12.4 Å². The molecule has 24 heavy (non-hydrogen) atoms. The summed E-state index contributed by atoms with van der Waals surface area (Å²) in [7, 11) is 0. The first-order valence-corrected chi connectivity index (χ1v) is 8.16. The number of carbonyl (C=O) groups is 1. The van der Waals surface area contributed by atoms with Gasteiger partial charge in [-0.25, -0.2) is 4.98 Å². The molecule has 7 heteroatoms. The Morgan fingerprint density at radius 2 is 2.04 bits per heavy atom. The minimum Gasteiger partial charge on any atom is -0.331 e. The van der Waals surface area contributed by atoms with Gasteiger partial charge in [-0.3, -0.25) is 14.0 Å². The van der Waals surface area contributed by atoms with Crippen LogP contribution in [0.2, 0.25) is 0 Å². The molecule has 2 saturated heterocycles. The van der Waals surface area contributed by atoms with E-state index < -0.39 is 0 Å². The van der Waals surface area contributed by atoms with Crippen LogP contribution < -0.4 is 10.9 Å². The Balaban J connectivity index is 0.00000169. The molecule has 4 heterocycles. The van der Waals surface area contributed by atoms with Gasteiger partial charge in [0.25, 0.3) is 11.5 Å². The lowest BCUT2D eigenvalue weighted by atomic mass is 10.1. The average Bonchev–Trinajstić information content (AvgIpc) is 2.80. The Hall–Kier alpha value is -1.92. The van der Waals surface area contributed by atoms with E-state index in [1.54, 1.807) is 12.3 Å². The van der Waals surface area contributed by atoms with Gasteiger partial charge in [-0.2, -0.15) is 0 Å². The molecule has 0 spiro atoms. The Bertz CT molecular complexity index is 821. The minimum atomic E-state index is -0.277. The third kappa shape index (κ3) is 2.70. The van der Waals surface area contributed by atoms with Crippen molar-refractivity contribution in [3.05, 3.63) is 46.0 Å². The number of hydrogen-bond donors (Lipinski definition) is 1. The molecule has 2 aromatic heterocycles. The van der Waals surface area contributed by atoms with E-state index in [2.05, 4.69) is 10.3 Å². The fourth-order valence-corrected chi connectivity index (χ4v) is 3.78. The van der Waals surface area contributed by atoms with Gasteiger partial charge >= 0.3 is 0 Å². The lowest BCUT2D eigenvalue weighted by molar-refractivity contribution is 0.0678. The van der Waals surface area contributed by atoms with E-state index in [9.17, 15) is 9.59 Å². The van der Waals surface area contributed by atoms with Crippen molar-refractivity contribution in [2.45, 2.75) is 38.3 Å². The lowest BCUT2D eigenvalue weighted by Gasteiger charge is -2.27. The zero-order chi connectivity index (χ0) is 16.0. The van der Waals surface area contributed by atoms with E-state index >= 15 is 0 Å². The summed E-state index contributed by atoms with van der Waals surface area (Å²) in [5.74, 6) is -0.172. The molecule has 0 aromatic carbocycles. The van der Waals surface area contributed by atoms with Gasteiger partial charge in [0.2, 0.25) is 0 Å². The Morgan fingerprint density at radius 3 is 2.88 bits per heavy atom. The molecule has 2 atom stereocenters. The van der Waals surface area contributed by atoms with E-state index in [1.807, 2.05) is 17.9 Å². The van der Waals surface area contributed by atoms with E-state index in [-0.39, 0.29) is 41.5 Å². The molecule has 128 valence electrons. The van der Waals surface area contributed by atoms with Crippen molar-refractivity contribution in [3.63, 3.8) is 0 Å². The van der Waals surface area contributed by atoms with Crippen LogP contribution in [0.5, 0.6) is 0 Å². The Morgan fingerprint density at radius 1 is 1.25 bits per heavy atom. The minimum absolute atomic E-state index is 0. The summed E-state index contributed by atoms with van der Waals surface area (Å²) in [5, 5.41) is 3.37. The number of halogens is 1. The molecule has 2 aliphatic heterocycles. The number of pyridine rings is 1. The van der Waals surface area contributed by atoms with Gasteiger partial charge in [0.15, 0.2) is 0 Å². The van der Waals surface area contributed by atoms with Gasteiger partial charge in [-0.05, 0) is 44.4 Å². The SMILES string of the molecule is Cc1ccc2ncc(C(=O)N3C4CCNCC3CC4)c(=O)n2c1.Cl. The maximum absolute atomic E-state index is 13.0. The third-order valence-corrected chi connectivity index (χ3v) is 4.97. The van der Waals surface area contributed by atoms with Crippen LogP contribution in [0.3, 0.4) is 0 Å². The number of aryl methyl sites for hydroxylation is 1. The van der Waals surface area contributed by atoms with E-state index in [1.165, 1.54) is 10.6 Å². The van der Waals surface area contributed by atoms with Crippen LogP contribution in [-0.4, -0.2) is 45.4 Å². The first-order valence-electron chi connectivity index (χ1n) is 8.16. The molecule has 4 rings (SSSR count). The van der Waals surface area contributed by atoms with Crippen LogP contribution in [0, 0.1) is 6.92 Å². The van der Waals surface area contributed by atoms with Crippen molar-refractivity contribution >= 4 is 24.0 Å². The van der Waals surface area contributed by atoms with Crippen LogP contribution in [0.1, 0.15) is 35.2 Å². The number of aromatic nitrogens is 2. The maximum Gasteiger partial charge on any atom is 0.270 e. The van der Waals surface area contributed by atoms with Crippen LogP contribution in [-0.2, 0) is 0 Å². The summed E-state index contributed by atoms with van der Waals surface area (Å²) in [6.07, 6.45) is 6.15. The Kier molecular flexibility index (Phi) is 4.60. The predicted octanol–water partition coefficient (Wildman–Crippen LogP) is 1.39. The van der Waals surface area contributed by atoms with Gasteiger partial charge in [0, 0.05) is 31.0 Å². The van der Waals surface area contributed by atoms with Crippen molar-refractivity contribution in [1.82, 2.24) is 19.6 Å². The van der Waals surface area contributed by atoms with Gasteiger partial charge < -0.3 is 10.2 Å². The molecule has 2 aliphatic rings. The van der Waals surface area contributed by atoms with Crippen molar-refractivity contribution < 1.29 is 4.79 Å². The largest absolute Gasteiger partial charge is 0.331 e. The number of rotatable bonds is 1. The highest BCUT2D eigenvalue weighted by molar-refractivity contribution is 5.94. The molecular formula is C17H21ClN4O2. The van der Waals surface area contributed by atoms with Gasteiger partial charge in [0.05, 0.1) is 0 Å².